The summed E-state index contributed by atoms with van der Waals surface area (Å²) in [6, 6.07) is 12.0. The van der Waals surface area contributed by atoms with Crippen molar-refractivity contribution in [1.29, 1.82) is 5.26 Å². The van der Waals surface area contributed by atoms with Gasteiger partial charge in [-0.25, -0.2) is 0 Å². The van der Waals surface area contributed by atoms with E-state index in [1.165, 1.54) is 6.08 Å². The molecule has 0 atom stereocenters. The van der Waals surface area contributed by atoms with Crippen molar-refractivity contribution >= 4 is 11.9 Å². The van der Waals surface area contributed by atoms with Gasteiger partial charge in [-0.15, -0.1) is 0 Å². The number of allylic oxidation sites excluding steroid dienone is 1. The fraction of sp³-hybridized carbons (Fsp3) is 0.158. The number of nitriles is 1. The van der Waals surface area contributed by atoms with E-state index in [4.69, 9.17) is 4.74 Å². The van der Waals surface area contributed by atoms with E-state index in [1.54, 1.807) is 57.4 Å². The van der Waals surface area contributed by atoms with Crippen molar-refractivity contribution in [3.8, 4) is 17.6 Å². The molecule has 23 heavy (non-hydrogen) atoms. The Balaban J connectivity index is 2.38. The molecule has 0 unspecified atom stereocenters. The molecule has 0 aromatic heterocycles. The molecule has 2 aromatic rings. The number of ketones is 1. The lowest BCUT2D eigenvalue weighted by Crippen LogP contribution is -2.02. The molecule has 0 saturated heterocycles. The van der Waals surface area contributed by atoms with Crippen LogP contribution in [0.5, 0.6) is 11.5 Å². The molecular formula is C19H17NO3. The van der Waals surface area contributed by atoms with Crippen molar-refractivity contribution in [2.75, 3.05) is 7.11 Å². The number of ether oxygens (including phenoxy) is 1. The second-order valence-corrected chi connectivity index (χ2v) is 5.23. The maximum atomic E-state index is 12.4. The highest BCUT2D eigenvalue weighted by molar-refractivity contribution is 6.14. The summed E-state index contributed by atoms with van der Waals surface area (Å²) in [7, 11) is 1.55. The quantitative estimate of drug-likeness (QED) is 0.530. The molecule has 0 aliphatic heterocycles. The molecule has 0 fully saturated rings. The molecule has 4 nitrogen and oxygen atoms in total. The van der Waals surface area contributed by atoms with Gasteiger partial charge >= 0.3 is 0 Å². The predicted octanol–water partition coefficient (Wildman–Crippen LogP) is 3.81. The van der Waals surface area contributed by atoms with E-state index in [-0.39, 0.29) is 17.1 Å². The Morgan fingerprint density at radius 1 is 1.17 bits per heavy atom. The summed E-state index contributed by atoms with van der Waals surface area (Å²) in [5.41, 5.74) is 2.57. The molecule has 2 rings (SSSR count). The third-order valence-corrected chi connectivity index (χ3v) is 3.54. The van der Waals surface area contributed by atoms with Crippen LogP contribution in [0.15, 0.2) is 42.0 Å². The van der Waals surface area contributed by atoms with Gasteiger partial charge in [0.2, 0.25) is 5.78 Å². The van der Waals surface area contributed by atoms with Crippen LogP contribution in [0.3, 0.4) is 0 Å². The monoisotopic (exact) mass is 307 g/mol. The van der Waals surface area contributed by atoms with Crippen molar-refractivity contribution in [1.82, 2.24) is 0 Å². The number of phenols is 1. The van der Waals surface area contributed by atoms with E-state index >= 15 is 0 Å². The smallest absolute Gasteiger partial charge is 0.203 e. The van der Waals surface area contributed by atoms with Gasteiger partial charge in [0.05, 0.1) is 7.11 Å². The largest absolute Gasteiger partial charge is 0.507 e. The van der Waals surface area contributed by atoms with Gasteiger partial charge in [0.1, 0.15) is 23.1 Å². The van der Waals surface area contributed by atoms with Crippen LogP contribution in [0.2, 0.25) is 0 Å². The minimum Gasteiger partial charge on any atom is -0.507 e. The Morgan fingerprint density at radius 3 is 2.22 bits per heavy atom. The highest BCUT2D eigenvalue weighted by Gasteiger charge is 2.13. The number of methoxy groups -OCH3 is 1. The SMILES string of the molecule is COc1ccc(C(=O)/C(C#N)=C/c2cc(C)c(O)c(C)c2)cc1. The molecule has 0 aliphatic rings. The van der Waals surface area contributed by atoms with Crippen LogP contribution in [-0.2, 0) is 0 Å². The summed E-state index contributed by atoms with van der Waals surface area (Å²) in [6.45, 7) is 3.55. The first-order valence-electron chi connectivity index (χ1n) is 7.07. The van der Waals surface area contributed by atoms with Gasteiger partial charge in [0, 0.05) is 5.56 Å². The molecule has 0 radical (unpaired) electrons. The van der Waals surface area contributed by atoms with Gasteiger partial charge < -0.3 is 9.84 Å². The van der Waals surface area contributed by atoms with Crippen LogP contribution >= 0.6 is 0 Å². The summed E-state index contributed by atoms with van der Waals surface area (Å²) in [4.78, 5) is 12.4. The number of carbonyl (C=O) groups excluding carboxylic acids is 1. The lowest BCUT2D eigenvalue weighted by molar-refractivity contribution is 0.104. The first kappa shape index (κ1) is 16.3. The molecule has 0 heterocycles. The molecule has 0 bridgehead atoms. The summed E-state index contributed by atoms with van der Waals surface area (Å²) >= 11 is 0. The standard InChI is InChI=1S/C19H17NO3/c1-12-8-14(9-13(2)18(12)21)10-16(11-20)19(22)15-4-6-17(23-3)7-5-15/h4-10,21H,1-3H3/b16-10+. The van der Waals surface area contributed by atoms with Crippen LogP contribution in [-0.4, -0.2) is 18.0 Å². The Morgan fingerprint density at radius 2 is 1.74 bits per heavy atom. The number of rotatable bonds is 4. The number of Topliss-reactive ketones (excluding diaryl/α,β-unsaturated/α-hetero) is 1. The number of hydrogen-bond donors (Lipinski definition) is 1. The topological polar surface area (TPSA) is 70.3 Å². The first-order chi connectivity index (χ1) is 11.0. The van der Waals surface area contributed by atoms with E-state index in [9.17, 15) is 15.2 Å². The van der Waals surface area contributed by atoms with Crippen LogP contribution in [0, 0.1) is 25.2 Å². The highest BCUT2D eigenvalue weighted by Crippen LogP contribution is 2.24. The van der Waals surface area contributed by atoms with E-state index in [1.807, 2.05) is 6.07 Å². The lowest BCUT2D eigenvalue weighted by Gasteiger charge is -2.06. The van der Waals surface area contributed by atoms with Crippen molar-refractivity contribution in [2.45, 2.75) is 13.8 Å². The number of phenolic OH excluding ortho intramolecular Hbond substituents is 1. The van der Waals surface area contributed by atoms with Gasteiger partial charge in [-0.2, -0.15) is 5.26 Å². The van der Waals surface area contributed by atoms with Crippen molar-refractivity contribution in [3.05, 3.63) is 64.2 Å². The zero-order valence-electron chi connectivity index (χ0n) is 13.3. The van der Waals surface area contributed by atoms with Gasteiger partial charge in [-0.05, 0) is 73.0 Å². The van der Waals surface area contributed by atoms with Gasteiger partial charge in [0.25, 0.3) is 0 Å². The second kappa shape index (κ2) is 6.80. The number of carbonyl (C=O) groups is 1. The molecule has 1 N–H and O–H groups in total. The van der Waals surface area contributed by atoms with E-state index in [0.717, 1.165) is 0 Å². The number of aryl methyl sites for hydroxylation is 2. The van der Waals surface area contributed by atoms with Crippen LogP contribution in [0.4, 0.5) is 0 Å². The summed E-state index contributed by atoms with van der Waals surface area (Å²) in [5.74, 6) is 0.523. The van der Waals surface area contributed by atoms with Crippen molar-refractivity contribution in [3.63, 3.8) is 0 Å². The van der Waals surface area contributed by atoms with E-state index in [2.05, 4.69) is 0 Å². The number of nitrogens with zero attached hydrogens (tertiary/aromatic N) is 1. The third kappa shape index (κ3) is 3.58. The summed E-state index contributed by atoms with van der Waals surface area (Å²) < 4.78 is 5.05. The van der Waals surface area contributed by atoms with Crippen molar-refractivity contribution < 1.29 is 14.6 Å². The Bertz CT molecular complexity index is 788. The first-order valence-corrected chi connectivity index (χ1v) is 7.07. The Kier molecular flexibility index (Phi) is 4.82. The fourth-order valence-electron chi connectivity index (χ4n) is 2.29. The molecule has 0 saturated carbocycles. The maximum Gasteiger partial charge on any atom is 0.203 e. The minimum atomic E-state index is -0.349. The average Bonchev–Trinajstić information content (AvgIpc) is 2.57. The van der Waals surface area contributed by atoms with E-state index in [0.29, 0.717) is 28.0 Å². The summed E-state index contributed by atoms with van der Waals surface area (Å²) in [6.07, 6.45) is 1.53. The summed E-state index contributed by atoms with van der Waals surface area (Å²) in [5, 5.41) is 19.1. The second-order valence-electron chi connectivity index (χ2n) is 5.23. The molecule has 0 aliphatic carbocycles. The number of aromatic hydroxyl groups is 1. The Labute approximate surface area is 135 Å². The average molecular weight is 307 g/mol. The fourth-order valence-corrected chi connectivity index (χ4v) is 2.29. The van der Waals surface area contributed by atoms with Crippen LogP contribution in [0.25, 0.3) is 6.08 Å². The van der Waals surface area contributed by atoms with Crippen molar-refractivity contribution in [2.24, 2.45) is 0 Å². The lowest BCUT2D eigenvalue weighted by atomic mass is 9.99. The zero-order chi connectivity index (χ0) is 17.0. The zero-order valence-corrected chi connectivity index (χ0v) is 13.3. The van der Waals surface area contributed by atoms with Gasteiger partial charge in [0.15, 0.2) is 0 Å². The highest BCUT2D eigenvalue weighted by atomic mass is 16.5. The minimum absolute atomic E-state index is 0.0413. The van der Waals surface area contributed by atoms with E-state index < -0.39 is 0 Å². The molecule has 4 heteroatoms. The molecule has 2 aromatic carbocycles. The third-order valence-electron chi connectivity index (χ3n) is 3.54. The predicted molar refractivity (Wildman–Crippen MR) is 88.5 cm³/mol. The van der Waals surface area contributed by atoms with Crippen LogP contribution in [0.1, 0.15) is 27.0 Å². The normalized spacial score (nSPS) is 11.0. The molecule has 0 spiro atoms. The van der Waals surface area contributed by atoms with Gasteiger partial charge in [-0.3, -0.25) is 4.79 Å². The molecular weight excluding hydrogens is 290 g/mol. The van der Waals surface area contributed by atoms with Crippen LogP contribution < -0.4 is 4.74 Å². The molecule has 116 valence electrons. The Hall–Kier alpha value is -3.06. The number of hydrogen-bond acceptors (Lipinski definition) is 4. The maximum absolute atomic E-state index is 12.4. The van der Waals surface area contributed by atoms with Gasteiger partial charge in [-0.1, -0.05) is 0 Å². The number of benzene rings is 2. The molecule has 0 amide bonds.